The van der Waals surface area contributed by atoms with Gasteiger partial charge < -0.3 is 10.6 Å². The highest BCUT2D eigenvalue weighted by Gasteiger charge is 2.22. The number of aromatic nitrogens is 3. The van der Waals surface area contributed by atoms with E-state index in [1.165, 1.54) is 6.33 Å². The molecule has 0 amide bonds. The maximum Gasteiger partial charge on any atom is 0.353 e. The van der Waals surface area contributed by atoms with E-state index in [1.807, 2.05) is 19.2 Å². The zero-order chi connectivity index (χ0) is 15.2. The van der Waals surface area contributed by atoms with E-state index in [1.54, 1.807) is 11.3 Å². The number of rotatable bonds is 7. The van der Waals surface area contributed by atoms with Gasteiger partial charge in [0.1, 0.15) is 6.33 Å². The van der Waals surface area contributed by atoms with Gasteiger partial charge in [-0.3, -0.25) is 10.1 Å². The monoisotopic (exact) mass is 308 g/mol. The van der Waals surface area contributed by atoms with Crippen molar-refractivity contribution in [2.75, 3.05) is 23.7 Å². The molecule has 0 bridgehead atoms. The van der Waals surface area contributed by atoms with Crippen LogP contribution in [0, 0.1) is 17.0 Å². The Balaban J connectivity index is 2.08. The van der Waals surface area contributed by atoms with Crippen molar-refractivity contribution >= 4 is 28.7 Å². The quantitative estimate of drug-likeness (QED) is 0.596. The SMILES string of the molecule is CCNc1ncnc(NCCc2nc(C)cs2)c1[N+](=O)[O-]. The highest BCUT2D eigenvalue weighted by atomic mass is 32.1. The first-order valence-electron chi connectivity index (χ1n) is 6.50. The normalized spacial score (nSPS) is 10.4. The van der Waals surface area contributed by atoms with Gasteiger partial charge in [-0.1, -0.05) is 0 Å². The van der Waals surface area contributed by atoms with Crippen LogP contribution in [0.25, 0.3) is 0 Å². The predicted octanol–water partition coefficient (Wildman–Crippen LogP) is 2.24. The number of hydrogen-bond acceptors (Lipinski definition) is 8. The number of nitro groups is 1. The molecular formula is C12H16N6O2S. The Hall–Kier alpha value is -2.29. The fourth-order valence-electron chi connectivity index (χ4n) is 1.78. The number of nitrogens with zero attached hydrogens (tertiary/aromatic N) is 4. The van der Waals surface area contributed by atoms with Gasteiger partial charge in [-0.25, -0.2) is 15.0 Å². The van der Waals surface area contributed by atoms with Gasteiger partial charge >= 0.3 is 5.69 Å². The van der Waals surface area contributed by atoms with Crippen LogP contribution in [0.2, 0.25) is 0 Å². The van der Waals surface area contributed by atoms with Gasteiger partial charge in [0.05, 0.1) is 9.93 Å². The fraction of sp³-hybridized carbons (Fsp3) is 0.417. The van der Waals surface area contributed by atoms with Crippen LogP contribution in [0.15, 0.2) is 11.7 Å². The van der Waals surface area contributed by atoms with E-state index >= 15 is 0 Å². The Kier molecular flexibility index (Phi) is 4.99. The predicted molar refractivity (Wildman–Crippen MR) is 81.9 cm³/mol. The minimum atomic E-state index is -0.478. The first-order chi connectivity index (χ1) is 10.1. The second kappa shape index (κ2) is 6.93. The molecule has 0 atom stereocenters. The summed E-state index contributed by atoms with van der Waals surface area (Å²) in [7, 11) is 0. The molecule has 21 heavy (non-hydrogen) atoms. The van der Waals surface area contributed by atoms with Crippen LogP contribution in [0.4, 0.5) is 17.3 Å². The van der Waals surface area contributed by atoms with Crippen LogP contribution in [0.3, 0.4) is 0 Å². The zero-order valence-electron chi connectivity index (χ0n) is 11.8. The summed E-state index contributed by atoms with van der Waals surface area (Å²) in [6.07, 6.45) is 2.00. The lowest BCUT2D eigenvalue weighted by Crippen LogP contribution is -2.11. The third-order valence-electron chi connectivity index (χ3n) is 2.65. The van der Waals surface area contributed by atoms with Gasteiger partial charge in [-0.05, 0) is 13.8 Å². The minimum absolute atomic E-state index is 0.130. The summed E-state index contributed by atoms with van der Waals surface area (Å²) in [5, 5.41) is 20.0. The summed E-state index contributed by atoms with van der Waals surface area (Å²) in [6, 6.07) is 0. The molecule has 9 heteroatoms. The molecule has 0 radical (unpaired) electrons. The number of thiazole rings is 1. The highest BCUT2D eigenvalue weighted by Crippen LogP contribution is 2.28. The van der Waals surface area contributed by atoms with Crippen LogP contribution in [0.5, 0.6) is 0 Å². The van der Waals surface area contributed by atoms with Crippen molar-refractivity contribution in [2.45, 2.75) is 20.3 Å². The van der Waals surface area contributed by atoms with Gasteiger partial charge in [0.2, 0.25) is 11.6 Å². The number of hydrogen-bond donors (Lipinski definition) is 2. The Labute approximate surface area is 125 Å². The summed E-state index contributed by atoms with van der Waals surface area (Å²) in [4.78, 5) is 22.9. The molecule has 2 aromatic rings. The van der Waals surface area contributed by atoms with Crippen molar-refractivity contribution in [1.29, 1.82) is 0 Å². The summed E-state index contributed by atoms with van der Waals surface area (Å²) in [6.45, 7) is 4.86. The third kappa shape index (κ3) is 3.85. The van der Waals surface area contributed by atoms with Crippen molar-refractivity contribution in [2.24, 2.45) is 0 Å². The lowest BCUT2D eigenvalue weighted by atomic mass is 10.4. The van der Waals surface area contributed by atoms with Crippen LogP contribution < -0.4 is 10.6 Å². The average Bonchev–Trinajstić information content (AvgIpc) is 2.85. The molecule has 2 heterocycles. The average molecular weight is 308 g/mol. The lowest BCUT2D eigenvalue weighted by molar-refractivity contribution is -0.383. The highest BCUT2D eigenvalue weighted by molar-refractivity contribution is 7.09. The molecule has 2 rings (SSSR count). The molecule has 0 saturated carbocycles. The molecule has 2 aromatic heterocycles. The first-order valence-corrected chi connectivity index (χ1v) is 7.38. The molecule has 2 N–H and O–H groups in total. The van der Waals surface area contributed by atoms with E-state index in [0.29, 0.717) is 19.5 Å². The molecule has 0 aromatic carbocycles. The van der Waals surface area contributed by atoms with Gasteiger partial charge in [0.15, 0.2) is 0 Å². The zero-order valence-corrected chi connectivity index (χ0v) is 12.6. The van der Waals surface area contributed by atoms with E-state index in [4.69, 9.17) is 0 Å². The molecular weight excluding hydrogens is 292 g/mol. The minimum Gasteiger partial charge on any atom is -0.364 e. The summed E-state index contributed by atoms with van der Waals surface area (Å²) < 4.78 is 0. The Morgan fingerprint density at radius 1 is 1.33 bits per heavy atom. The topological polar surface area (TPSA) is 106 Å². The molecule has 0 aliphatic carbocycles. The van der Waals surface area contributed by atoms with Crippen molar-refractivity contribution < 1.29 is 4.92 Å². The van der Waals surface area contributed by atoms with E-state index in [2.05, 4.69) is 25.6 Å². The van der Waals surface area contributed by atoms with Gasteiger partial charge in [0, 0.05) is 30.6 Å². The van der Waals surface area contributed by atoms with Crippen LogP contribution in [0.1, 0.15) is 17.6 Å². The van der Waals surface area contributed by atoms with Gasteiger partial charge in [0.25, 0.3) is 0 Å². The maximum atomic E-state index is 11.2. The second-order valence-electron chi connectivity index (χ2n) is 4.27. The molecule has 0 unspecified atom stereocenters. The summed E-state index contributed by atoms with van der Waals surface area (Å²) >= 11 is 1.58. The molecule has 0 saturated heterocycles. The van der Waals surface area contributed by atoms with Gasteiger partial charge in [-0.2, -0.15) is 0 Å². The van der Waals surface area contributed by atoms with Crippen molar-refractivity contribution in [3.8, 4) is 0 Å². The van der Waals surface area contributed by atoms with Crippen LogP contribution in [-0.4, -0.2) is 33.0 Å². The smallest absolute Gasteiger partial charge is 0.353 e. The second-order valence-corrected chi connectivity index (χ2v) is 5.21. The van der Waals surface area contributed by atoms with E-state index in [-0.39, 0.29) is 17.3 Å². The van der Waals surface area contributed by atoms with Gasteiger partial charge in [-0.15, -0.1) is 11.3 Å². The Morgan fingerprint density at radius 2 is 2.05 bits per heavy atom. The molecule has 0 spiro atoms. The number of anilines is 2. The molecule has 0 fully saturated rings. The van der Waals surface area contributed by atoms with Crippen molar-refractivity contribution in [1.82, 2.24) is 15.0 Å². The van der Waals surface area contributed by atoms with Crippen molar-refractivity contribution in [3.05, 3.63) is 32.5 Å². The van der Waals surface area contributed by atoms with Crippen LogP contribution in [-0.2, 0) is 6.42 Å². The largest absolute Gasteiger partial charge is 0.364 e. The third-order valence-corrected chi connectivity index (χ3v) is 3.67. The van der Waals surface area contributed by atoms with Crippen molar-refractivity contribution in [3.63, 3.8) is 0 Å². The molecule has 0 aliphatic heterocycles. The number of aryl methyl sites for hydroxylation is 1. The lowest BCUT2D eigenvalue weighted by Gasteiger charge is -2.08. The molecule has 0 aliphatic rings. The van der Waals surface area contributed by atoms with E-state index < -0.39 is 4.92 Å². The number of nitrogens with one attached hydrogen (secondary N) is 2. The standard InChI is InChI=1S/C12H16N6O2S/c1-3-13-11-10(18(19)20)12(16-7-15-11)14-5-4-9-17-8(2)6-21-9/h6-7H,3-5H2,1-2H3,(H2,13,14,15,16). The molecule has 8 nitrogen and oxygen atoms in total. The fourth-order valence-corrected chi connectivity index (χ4v) is 2.56. The Morgan fingerprint density at radius 3 is 2.62 bits per heavy atom. The summed E-state index contributed by atoms with van der Waals surface area (Å²) in [5.41, 5.74) is 0.854. The van der Waals surface area contributed by atoms with Crippen LogP contribution >= 0.6 is 11.3 Å². The first kappa shape index (κ1) is 15.1. The molecule has 112 valence electrons. The van der Waals surface area contributed by atoms with E-state index in [9.17, 15) is 10.1 Å². The Bertz CT molecular complexity index is 630. The van der Waals surface area contributed by atoms with E-state index in [0.717, 1.165) is 10.7 Å². The maximum absolute atomic E-state index is 11.2. The summed E-state index contributed by atoms with van der Waals surface area (Å²) in [5.74, 6) is 0.448.